The average molecular weight is 395 g/mol. The summed E-state index contributed by atoms with van der Waals surface area (Å²) in [5, 5.41) is 2.79. The second kappa shape index (κ2) is 8.27. The lowest BCUT2D eigenvalue weighted by Gasteiger charge is -2.32. The van der Waals surface area contributed by atoms with Crippen LogP contribution >= 0.6 is 11.3 Å². The number of imidazole rings is 1. The van der Waals surface area contributed by atoms with E-state index in [2.05, 4.69) is 34.6 Å². The minimum absolute atomic E-state index is 0.0578. The highest BCUT2D eigenvalue weighted by Gasteiger charge is 2.26. The lowest BCUT2D eigenvalue weighted by atomic mass is 9.96. The number of hydrogen-bond acceptors (Lipinski definition) is 4. The molecule has 146 valence electrons. The van der Waals surface area contributed by atoms with Crippen molar-refractivity contribution in [2.24, 2.45) is 5.92 Å². The van der Waals surface area contributed by atoms with Crippen LogP contribution in [0.5, 0.6) is 0 Å². The van der Waals surface area contributed by atoms with Crippen LogP contribution in [-0.2, 0) is 6.54 Å². The topological polar surface area (TPSA) is 51.0 Å². The highest BCUT2D eigenvalue weighted by Crippen LogP contribution is 2.26. The summed E-state index contributed by atoms with van der Waals surface area (Å²) in [6, 6.07) is 10.0. The summed E-state index contributed by atoms with van der Waals surface area (Å²) < 4.78 is 2.28. The van der Waals surface area contributed by atoms with Crippen LogP contribution < -0.4 is 0 Å². The van der Waals surface area contributed by atoms with Gasteiger partial charge in [-0.3, -0.25) is 4.79 Å². The molecular weight excluding hydrogens is 368 g/mol. The molecule has 28 heavy (non-hydrogen) atoms. The number of carbonyl (C=O) groups excluding carboxylic acids is 1. The second-order valence-electron chi connectivity index (χ2n) is 7.73. The zero-order valence-electron chi connectivity index (χ0n) is 16.4. The molecule has 1 fully saturated rings. The van der Waals surface area contributed by atoms with Gasteiger partial charge in [0.1, 0.15) is 16.5 Å². The minimum Gasteiger partial charge on any atom is -0.337 e. The van der Waals surface area contributed by atoms with Crippen molar-refractivity contribution in [1.29, 1.82) is 0 Å². The smallest absolute Gasteiger partial charge is 0.273 e. The standard InChI is InChI=1S/C22H26N4OS/c1-16(2)20-23-10-13-26(20)14-17-8-11-25(12-9-17)22(27)19-15-28-21(24-19)18-6-4-3-5-7-18/h3-7,10,13,15-17H,8-9,11-12,14H2,1-2H3. The van der Waals surface area contributed by atoms with Gasteiger partial charge in [0.15, 0.2) is 0 Å². The minimum atomic E-state index is 0.0578. The molecule has 0 unspecified atom stereocenters. The van der Waals surface area contributed by atoms with Crippen molar-refractivity contribution in [3.8, 4) is 10.6 Å². The zero-order valence-corrected chi connectivity index (χ0v) is 17.2. The van der Waals surface area contributed by atoms with Crippen LogP contribution in [0.15, 0.2) is 48.1 Å². The Hall–Kier alpha value is -2.47. The van der Waals surface area contributed by atoms with Crippen molar-refractivity contribution < 1.29 is 4.79 Å². The monoisotopic (exact) mass is 394 g/mol. The van der Waals surface area contributed by atoms with Gasteiger partial charge in [-0.1, -0.05) is 44.2 Å². The third-order valence-electron chi connectivity index (χ3n) is 5.36. The molecule has 0 saturated carbocycles. The zero-order chi connectivity index (χ0) is 19.5. The molecule has 1 aliphatic heterocycles. The summed E-state index contributed by atoms with van der Waals surface area (Å²) in [4.78, 5) is 23.9. The van der Waals surface area contributed by atoms with Crippen molar-refractivity contribution in [3.05, 3.63) is 59.6 Å². The molecule has 0 N–H and O–H groups in total. The number of rotatable bonds is 5. The van der Waals surface area contributed by atoms with E-state index in [1.807, 2.05) is 46.8 Å². The molecule has 0 spiro atoms. The summed E-state index contributed by atoms with van der Waals surface area (Å²) in [6.45, 7) is 6.94. The molecule has 0 bridgehead atoms. The van der Waals surface area contributed by atoms with Crippen LogP contribution in [-0.4, -0.2) is 38.4 Å². The summed E-state index contributed by atoms with van der Waals surface area (Å²) in [5.74, 6) is 2.23. The molecule has 0 aliphatic carbocycles. The molecule has 3 aromatic rings. The second-order valence-corrected chi connectivity index (χ2v) is 8.59. The Labute approximate surface area is 170 Å². The van der Waals surface area contributed by atoms with Crippen LogP contribution in [0.2, 0.25) is 0 Å². The highest BCUT2D eigenvalue weighted by atomic mass is 32.1. The molecule has 1 saturated heterocycles. The molecule has 4 rings (SSSR count). The van der Waals surface area contributed by atoms with Gasteiger partial charge < -0.3 is 9.47 Å². The average Bonchev–Trinajstić information content (AvgIpc) is 3.38. The van der Waals surface area contributed by atoms with Crippen LogP contribution in [0, 0.1) is 5.92 Å². The lowest BCUT2D eigenvalue weighted by molar-refractivity contribution is 0.0677. The van der Waals surface area contributed by atoms with Gasteiger partial charge in [-0.25, -0.2) is 9.97 Å². The van der Waals surface area contributed by atoms with E-state index in [4.69, 9.17) is 0 Å². The van der Waals surface area contributed by atoms with E-state index in [-0.39, 0.29) is 5.91 Å². The third kappa shape index (κ3) is 4.02. The Kier molecular flexibility index (Phi) is 5.57. The highest BCUT2D eigenvalue weighted by molar-refractivity contribution is 7.13. The predicted octanol–water partition coefficient (Wildman–Crippen LogP) is 4.68. The fourth-order valence-electron chi connectivity index (χ4n) is 3.82. The number of benzene rings is 1. The molecule has 5 nitrogen and oxygen atoms in total. The van der Waals surface area contributed by atoms with E-state index >= 15 is 0 Å². The van der Waals surface area contributed by atoms with E-state index in [0.717, 1.165) is 48.9 Å². The van der Waals surface area contributed by atoms with E-state index < -0.39 is 0 Å². The first-order valence-electron chi connectivity index (χ1n) is 9.93. The van der Waals surface area contributed by atoms with Crippen molar-refractivity contribution >= 4 is 17.2 Å². The molecule has 0 radical (unpaired) electrons. The predicted molar refractivity (Wildman–Crippen MR) is 112 cm³/mol. The van der Waals surface area contributed by atoms with E-state index in [9.17, 15) is 4.79 Å². The van der Waals surface area contributed by atoms with Crippen LogP contribution in [0.3, 0.4) is 0 Å². The van der Waals surface area contributed by atoms with E-state index in [1.165, 1.54) is 11.3 Å². The maximum absolute atomic E-state index is 12.9. The summed E-state index contributed by atoms with van der Waals surface area (Å²) in [6.07, 6.45) is 6.02. The maximum Gasteiger partial charge on any atom is 0.273 e. The Morgan fingerprint density at radius 1 is 1.21 bits per heavy atom. The number of aromatic nitrogens is 3. The normalized spacial score (nSPS) is 15.3. The number of thiazole rings is 1. The van der Waals surface area contributed by atoms with Crippen molar-refractivity contribution in [2.75, 3.05) is 13.1 Å². The molecule has 3 heterocycles. The SMILES string of the molecule is CC(C)c1nccn1CC1CCN(C(=O)c2csc(-c3ccccc3)n2)CC1. The van der Waals surface area contributed by atoms with Gasteiger partial charge in [0.25, 0.3) is 5.91 Å². The summed E-state index contributed by atoms with van der Waals surface area (Å²) in [7, 11) is 0. The molecule has 6 heteroatoms. The molecule has 1 aliphatic rings. The van der Waals surface area contributed by atoms with Gasteiger partial charge in [-0.05, 0) is 18.8 Å². The fourth-order valence-corrected chi connectivity index (χ4v) is 4.62. The van der Waals surface area contributed by atoms with Gasteiger partial charge in [0, 0.05) is 48.9 Å². The number of carbonyl (C=O) groups is 1. The Bertz CT molecular complexity index is 923. The first-order valence-corrected chi connectivity index (χ1v) is 10.8. The maximum atomic E-state index is 12.9. The Morgan fingerprint density at radius 3 is 2.68 bits per heavy atom. The third-order valence-corrected chi connectivity index (χ3v) is 6.26. The van der Waals surface area contributed by atoms with Crippen LogP contribution in [0.25, 0.3) is 10.6 Å². The van der Waals surface area contributed by atoms with Crippen molar-refractivity contribution in [1.82, 2.24) is 19.4 Å². The number of nitrogens with zero attached hydrogens (tertiary/aromatic N) is 4. The molecule has 2 aromatic heterocycles. The van der Waals surface area contributed by atoms with E-state index in [1.54, 1.807) is 0 Å². The Morgan fingerprint density at radius 2 is 1.96 bits per heavy atom. The first kappa shape index (κ1) is 18.9. The first-order chi connectivity index (χ1) is 13.6. The van der Waals surface area contributed by atoms with Crippen molar-refractivity contribution in [2.45, 2.75) is 39.2 Å². The van der Waals surface area contributed by atoms with Gasteiger partial charge >= 0.3 is 0 Å². The largest absolute Gasteiger partial charge is 0.337 e. The van der Waals surface area contributed by atoms with Gasteiger partial charge in [0.05, 0.1) is 0 Å². The number of likely N-dealkylation sites (tertiary alicyclic amines) is 1. The molecule has 0 atom stereocenters. The fraction of sp³-hybridized carbons (Fsp3) is 0.409. The molecule has 1 amide bonds. The van der Waals surface area contributed by atoms with Crippen molar-refractivity contribution in [3.63, 3.8) is 0 Å². The molecule has 1 aromatic carbocycles. The number of piperidine rings is 1. The van der Waals surface area contributed by atoms with Gasteiger partial charge in [-0.2, -0.15) is 0 Å². The summed E-state index contributed by atoms with van der Waals surface area (Å²) >= 11 is 1.53. The quantitative estimate of drug-likeness (QED) is 0.631. The number of amides is 1. The van der Waals surface area contributed by atoms with Crippen LogP contribution in [0.1, 0.15) is 48.9 Å². The summed E-state index contributed by atoms with van der Waals surface area (Å²) in [5.41, 5.74) is 1.63. The van der Waals surface area contributed by atoms with Crippen LogP contribution in [0.4, 0.5) is 0 Å². The van der Waals surface area contributed by atoms with E-state index in [0.29, 0.717) is 17.5 Å². The number of hydrogen-bond donors (Lipinski definition) is 0. The van der Waals surface area contributed by atoms with Gasteiger partial charge in [-0.15, -0.1) is 11.3 Å². The van der Waals surface area contributed by atoms with Gasteiger partial charge in [0.2, 0.25) is 0 Å². The Balaban J connectivity index is 1.35. The lowest BCUT2D eigenvalue weighted by Crippen LogP contribution is -2.39. The molecular formula is C22H26N4OS.